The highest BCUT2D eigenvalue weighted by atomic mass is 16.5. The minimum absolute atomic E-state index is 0.383. The Kier molecular flexibility index (Phi) is 6.22. The fourth-order valence-corrected chi connectivity index (χ4v) is 2.15. The molecule has 1 aromatic rings. The van der Waals surface area contributed by atoms with E-state index in [1.165, 1.54) is 12.8 Å². The molecule has 1 atom stereocenters. The molecule has 4 heteroatoms. The number of methoxy groups -OCH3 is 1. The first-order valence-electron chi connectivity index (χ1n) is 7.05. The van der Waals surface area contributed by atoms with Gasteiger partial charge in [-0.2, -0.15) is 0 Å². The first kappa shape index (κ1) is 14.7. The molecule has 1 aromatic carbocycles. The van der Waals surface area contributed by atoms with Crippen LogP contribution in [0.1, 0.15) is 12.8 Å². The van der Waals surface area contributed by atoms with E-state index in [1.54, 1.807) is 7.11 Å². The summed E-state index contributed by atoms with van der Waals surface area (Å²) in [6.07, 6.45) is 2.79. The van der Waals surface area contributed by atoms with Crippen molar-refractivity contribution in [3.63, 3.8) is 0 Å². The quantitative estimate of drug-likeness (QED) is 0.618. The van der Waals surface area contributed by atoms with E-state index in [1.807, 2.05) is 24.3 Å². The van der Waals surface area contributed by atoms with Crippen LogP contribution in [0.15, 0.2) is 24.3 Å². The van der Waals surface area contributed by atoms with Crippen molar-refractivity contribution < 1.29 is 19.5 Å². The van der Waals surface area contributed by atoms with Gasteiger partial charge >= 0.3 is 0 Å². The van der Waals surface area contributed by atoms with Crippen molar-refractivity contribution in [3.05, 3.63) is 24.3 Å². The van der Waals surface area contributed by atoms with Gasteiger partial charge in [0.2, 0.25) is 0 Å². The SMILES string of the molecule is COc1ccccc1OCC#CC[NH2+]C[C@@H]1CCCO1. The summed E-state index contributed by atoms with van der Waals surface area (Å²) < 4.78 is 16.3. The Morgan fingerprint density at radius 2 is 2.15 bits per heavy atom. The average molecular weight is 276 g/mol. The van der Waals surface area contributed by atoms with Crippen molar-refractivity contribution in [3.8, 4) is 23.3 Å². The van der Waals surface area contributed by atoms with Crippen molar-refractivity contribution in [2.75, 3.05) is 33.4 Å². The topological polar surface area (TPSA) is 44.3 Å². The Morgan fingerprint density at radius 3 is 2.90 bits per heavy atom. The highest BCUT2D eigenvalue weighted by Crippen LogP contribution is 2.25. The lowest BCUT2D eigenvalue weighted by Gasteiger charge is -2.07. The molecule has 1 aliphatic heterocycles. The number of quaternary nitrogens is 1. The second kappa shape index (κ2) is 8.47. The maximum Gasteiger partial charge on any atom is 0.162 e. The van der Waals surface area contributed by atoms with Gasteiger partial charge in [0.25, 0.3) is 0 Å². The van der Waals surface area contributed by atoms with E-state index in [4.69, 9.17) is 14.2 Å². The second-order valence-corrected chi connectivity index (χ2v) is 4.66. The summed E-state index contributed by atoms with van der Waals surface area (Å²) >= 11 is 0. The van der Waals surface area contributed by atoms with Crippen molar-refractivity contribution in [1.82, 2.24) is 0 Å². The number of hydrogen-bond donors (Lipinski definition) is 1. The van der Waals surface area contributed by atoms with E-state index in [2.05, 4.69) is 17.2 Å². The van der Waals surface area contributed by atoms with Gasteiger partial charge in [0, 0.05) is 6.61 Å². The van der Waals surface area contributed by atoms with Gasteiger partial charge in [0.15, 0.2) is 11.5 Å². The standard InChI is InChI=1S/C16H21NO3/c1-18-15-8-2-3-9-16(15)20-11-5-4-10-17-13-14-7-6-12-19-14/h2-3,8-9,14,17H,6-7,10-13H2,1H3/p+1/t14-/m0/s1. The molecule has 4 nitrogen and oxygen atoms in total. The monoisotopic (exact) mass is 276 g/mol. The molecule has 0 bridgehead atoms. The largest absolute Gasteiger partial charge is 0.493 e. The van der Waals surface area contributed by atoms with Gasteiger partial charge in [-0.25, -0.2) is 0 Å². The summed E-state index contributed by atoms with van der Waals surface area (Å²) in [7, 11) is 1.63. The molecule has 2 rings (SSSR count). The van der Waals surface area contributed by atoms with Gasteiger partial charge in [-0.3, -0.25) is 0 Å². The molecule has 108 valence electrons. The summed E-state index contributed by atoms with van der Waals surface area (Å²) in [4.78, 5) is 0. The van der Waals surface area contributed by atoms with Crippen LogP contribution in [-0.2, 0) is 4.74 Å². The van der Waals surface area contributed by atoms with Crippen LogP contribution >= 0.6 is 0 Å². The maximum atomic E-state index is 5.57. The number of nitrogens with two attached hydrogens (primary N) is 1. The molecular formula is C16H22NO3+. The van der Waals surface area contributed by atoms with Crippen LogP contribution in [-0.4, -0.2) is 39.5 Å². The molecule has 0 saturated carbocycles. The summed E-state index contributed by atoms with van der Waals surface area (Å²) in [5.41, 5.74) is 0. The van der Waals surface area contributed by atoms with Crippen LogP contribution in [0.25, 0.3) is 0 Å². The molecule has 1 fully saturated rings. The Balaban J connectivity index is 1.62. The highest BCUT2D eigenvalue weighted by molar-refractivity contribution is 5.39. The number of para-hydroxylation sites is 2. The summed E-state index contributed by atoms with van der Waals surface area (Å²) in [6.45, 7) is 3.09. The minimum Gasteiger partial charge on any atom is -0.493 e. The molecule has 1 saturated heterocycles. The van der Waals surface area contributed by atoms with E-state index in [-0.39, 0.29) is 0 Å². The maximum absolute atomic E-state index is 5.57. The van der Waals surface area contributed by atoms with Crippen molar-refractivity contribution in [2.45, 2.75) is 18.9 Å². The average Bonchev–Trinajstić information content (AvgIpc) is 3.00. The molecular weight excluding hydrogens is 254 g/mol. The molecule has 20 heavy (non-hydrogen) atoms. The number of benzene rings is 1. The molecule has 1 heterocycles. The van der Waals surface area contributed by atoms with Crippen molar-refractivity contribution in [2.24, 2.45) is 0 Å². The Bertz CT molecular complexity index is 458. The number of hydrogen-bond acceptors (Lipinski definition) is 3. The first-order chi connectivity index (χ1) is 9.90. The fraction of sp³-hybridized carbons (Fsp3) is 0.500. The van der Waals surface area contributed by atoms with Gasteiger partial charge in [-0.15, -0.1) is 0 Å². The summed E-state index contributed by atoms with van der Waals surface area (Å²) in [5, 5.41) is 2.19. The Labute approximate surface area is 120 Å². The third-order valence-corrected chi connectivity index (χ3v) is 3.19. The summed E-state index contributed by atoms with van der Waals surface area (Å²) in [5.74, 6) is 7.57. The first-order valence-corrected chi connectivity index (χ1v) is 7.05. The molecule has 0 aliphatic carbocycles. The Morgan fingerprint density at radius 1 is 1.30 bits per heavy atom. The van der Waals surface area contributed by atoms with Gasteiger partial charge in [-0.1, -0.05) is 18.1 Å². The fourth-order valence-electron chi connectivity index (χ4n) is 2.15. The molecule has 0 amide bonds. The zero-order valence-electron chi connectivity index (χ0n) is 11.9. The molecule has 1 aliphatic rings. The van der Waals surface area contributed by atoms with Crippen LogP contribution in [0, 0.1) is 11.8 Å². The lowest BCUT2D eigenvalue weighted by molar-refractivity contribution is -0.650. The van der Waals surface area contributed by atoms with E-state index in [0.717, 1.165) is 31.2 Å². The van der Waals surface area contributed by atoms with Crippen molar-refractivity contribution in [1.29, 1.82) is 0 Å². The second-order valence-electron chi connectivity index (χ2n) is 4.66. The van der Waals surface area contributed by atoms with Gasteiger partial charge in [0.1, 0.15) is 25.8 Å². The van der Waals surface area contributed by atoms with Gasteiger partial charge in [-0.05, 0) is 30.9 Å². The van der Waals surface area contributed by atoms with Crippen LogP contribution in [0.2, 0.25) is 0 Å². The lowest BCUT2D eigenvalue weighted by atomic mass is 10.2. The van der Waals surface area contributed by atoms with E-state index in [9.17, 15) is 0 Å². The van der Waals surface area contributed by atoms with Crippen LogP contribution < -0.4 is 14.8 Å². The summed E-state index contributed by atoms with van der Waals surface area (Å²) in [6, 6.07) is 7.58. The molecule has 0 radical (unpaired) electrons. The molecule has 0 aromatic heterocycles. The zero-order valence-corrected chi connectivity index (χ0v) is 11.9. The Hall–Kier alpha value is -1.70. The smallest absolute Gasteiger partial charge is 0.162 e. The van der Waals surface area contributed by atoms with Gasteiger partial charge in [0.05, 0.1) is 7.11 Å². The third kappa shape index (κ3) is 4.76. The van der Waals surface area contributed by atoms with Crippen molar-refractivity contribution >= 4 is 0 Å². The number of rotatable bonds is 6. The number of ether oxygens (including phenoxy) is 3. The predicted octanol–water partition coefficient (Wildman–Crippen LogP) is 0.820. The molecule has 0 spiro atoms. The minimum atomic E-state index is 0.383. The lowest BCUT2D eigenvalue weighted by Crippen LogP contribution is -2.86. The highest BCUT2D eigenvalue weighted by Gasteiger charge is 2.16. The normalized spacial score (nSPS) is 17.4. The van der Waals surface area contributed by atoms with Crippen LogP contribution in [0.5, 0.6) is 11.5 Å². The van der Waals surface area contributed by atoms with E-state index in [0.29, 0.717) is 12.7 Å². The zero-order chi connectivity index (χ0) is 14.0. The molecule has 0 unspecified atom stereocenters. The van der Waals surface area contributed by atoms with Gasteiger partial charge < -0.3 is 19.5 Å². The third-order valence-electron chi connectivity index (χ3n) is 3.19. The molecule has 2 N–H and O–H groups in total. The van der Waals surface area contributed by atoms with Crippen LogP contribution in [0.4, 0.5) is 0 Å². The van der Waals surface area contributed by atoms with E-state index < -0.39 is 0 Å². The van der Waals surface area contributed by atoms with Crippen LogP contribution in [0.3, 0.4) is 0 Å². The predicted molar refractivity (Wildman–Crippen MR) is 76.9 cm³/mol. The van der Waals surface area contributed by atoms with E-state index >= 15 is 0 Å².